The van der Waals surface area contributed by atoms with Crippen molar-refractivity contribution in [3.8, 4) is 5.75 Å². The second-order valence-electron chi connectivity index (χ2n) is 5.58. The number of hydrogen-bond acceptors (Lipinski definition) is 4. The molecule has 0 saturated heterocycles. The fraction of sp³-hybridized carbons (Fsp3) is 0.438. The summed E-state index contributed by atoms with van der Waals surface area (Å²) in [7, 11) is 1.63. The molecule has 1 N–H and O–H groups in total. The van der Waals surface area contributed by atoms with Gasteiger partial charge in [0, 0.05) is 29.4 Å². The van der Waals surface area contributed by atoms with Crippen LogP contribution in [0.1, 0.15) is 38.8 Å². The third kappa shape index (κ3) is 2.26. The number of nitrogens with zero attached hydrogens (tertiary/aromatic N) is 2. The Morgan fingerprint density at radius 2 is 2.10 bits per heavy atom. The molecule has 1 heterocycles. The minimum atomic E-state index is -0.0244. The number of benzene rings is 1. The first-order chi connectivity index (χ1) is 9.44. The van der Waals surface area contributed by atoms with Crippen molar-refractivity contribution in [2.75, 3.05) is 18.6 Å². The number of methoxy groups -OCH3 is 1. The van der Waals surface area contributed by atoms with Crippen LogP contribution in [0.4, 0.5) is 5.69 Å². The van der Waals surface area contributed by atoms with Crippen LogP contribution < -0.4 is 9.64 Å². The van der Waals surface area contributed by atoms with Gasteiger partial charge in [0.25, 0.3) is 0 Å². The Kier molecular flexibility index (Phi) is 3.75. The van der Waals surface area contributed by atoms with Gasteiger partial charge in [-0.2, -0.15) is 0 Å². The molecule has 108 valence electrons. The van der Waals surface area contributed by atoms with Gasteiger partial charge in [-0.3, -0.25) is 0 Å². The van der Waals surface area contributed by atoms with Crippen LogP contribution in [-0.2, 0) is 0 Å². The van der Waals surface area contributed by atoms with Gasteiger partial charge in [-0.25, -0.2) is 0 Å². The van der Waals surface area contributed by atoms with Crippen molar-refractivity contribution >= 4 is 17.5 Å². The molecule has 0 bridgehead atoms. The highest BCUT2D eigenvalue weighted by atomic mass is 16.5. The van der Waals surface area contributed by atoms with Crippen LogP contribution in [0, 0.1) is 0 Å². The third-order valence-corrected chi connectivity index (χ3v) is 3.84. The highest BCUT2D eigenvalue weighted by molar-refractivity contribution is 5.90. The SMILES string of the molecule is CCN1c2cc(OC)c(C=NO)cc2C(C)=CC1(C)C. The third-order valence-electron chi connectivity index (χ3n) is 3.84. The van der Waals surface area contributed by atoms with Crippen molar-refractivity contribution < 1.29 is 9.94 Å². The number of anilines is 1. The molecular formula is C16H22N2O2. The molecule has 0 aliphatic carbocycles. The minimum Gasteiger partial charge on any atom is -0.496 e. The van der Waals surface area contributed by atoms with Crippen LogP contribution in [0.3, 0.4) is 0 Å². The van der Waals surface area contributed by atoms with E-state index in [9.17, 15) is 0 Å². The van der Waals surface area contributed by atoms with E-state index in [2.05, 4.69) is 43.8 Å². The van der Waals surface area contributed by atoms with E-state index in [1.165, 1.54) is 11.8 Å². The van der Waals surface area contributed by atoms with E-state index in [0.29, 0.717) is 5.75 Å². The lowest BCUT2D eigenvalue weighted by Crippen LogP contribution is -2.44. The van der Waals surface area contributed by atoms with E-state index in [4.69, 9.17) is 9.94 Å². The second kappa shape index (κ2) is 5.19. The average Bonchev–Trinajstić information content (AvgIpc) is 2.38. The number of allylic oxidation sites excluding steroid dienone is 1. The Morgan fingerprint density at radius 1 is 1.40 bits per heavy atom. The normalized spacial score (nSPS) is 17.1. The summed E-state index contributed by atoms with van der Waals surface area (Å²) in [5, 5.41) is 11.9. The molecule has 2 rings (SSSR count). The van der Waals surface area contributed by atoms with Crippen molar-refractivity contribution in [3.63, 3.8) is 0 Å². The van der Waals surface area contributed by atoms with Crippen LogP contribution in [-0.4, -0.2) is 30.6 Å². The predicted octanol–water partition coefficient (Wildman–Crippen LogP) is 3.53. The monoisotopic (exact) mass is 274 g/mol. The van der Waals surface area contributed by atoms with Gasteiger partial charge < -0.3 is 14.8 Å². The standard InChI is InChI=1S/C16H22N2O2/c1-6-18-14-8-15(20-5)12(10-17-19)7-13(14)11(2)9-16(18,3)4/h7-10,19H,6H2,1-5H3. The topological polar surface area (TPSA) is 45.1 Å². The highest BCUT2D eigenvalue weighted by Crippen LogP contribution is 2.41. The Labute approximate surface area is 120 Å². The summed E-state index contributed by atoms with van der Waals surface area (Å²) in [6.45, 7) is 9.59. The van der Waals surface area contributed by atoms with Crippen LogP contribution in [0.25, 0.3) is 5.57 Å². The van der Waals surface area contributed by atoms with Gasteiger partial charge in [-0.05, 0) is 39.3 Å². The van der Waals surface area contributed by atoms with Gasteiger partial charge >= 0.3 is 0 Å². The zero-order valence-corrected chi connectivity index (χ0v) is 12.8. The largest absolute Gasteiger partial charge is 0.496 e. The van der Waals surface area contributed by atoms with E-state index < -0.39 is 0 Å². The highest BCUT2D eigenvalue weighted by Gasteiger charge is 2.31. The molecule has 4 nitrogen and oxygen atoms in total. The van der Waals surface area contributed by atoms with Gasteiger partial charge in [0.05, 0.1) is 18.9 Å². The summed E-state index contributed by atoms with van der Waals surface area (Å²) in [5.74, 6) is 0.713. The maximum atomic E-state index is 8.78. The van der Waals surface area contributed by atoms with Gasteiger partial charge in [0.15, 0.2) is 0 Å². The molecule has 1 aliphatic rings. The fourth-order valence-electron chi connectivity index (χ4n) is 3.04. The van der Waals surface area contributed by atoms with E-state index in [1.54, 1.807) is 7.11 Å². The number of rotatable bonds is 3. The van der Waals surface area contributed by atoms with Gasteiger partial charge in [0.1, 0.15) is 5.75 Å². The molecule has 1 aromatic carbocycles. The summed E-state index contributed by atoms with van der Waals surface area (Å²) in [6.07, 6.45) is 3.67. The Bertz CT molecular complexity index is 574. The summed E-state index contributed by atoms with van der Waals surface area (Å²) in [6, 6.07) is 4.03. The fourth-order valence-corrected chi connectivity index (χ4v) is 3.04. The predicted molar refractivity (Wildman–Crippen MR) is 83.1 cm³/mol. The van der Waals surface area contributed by atoms with Crippen molar-refractivity contribution in [1.82, 2.24) is 0 Å². The summed E-state index contributed by atoms with van der Waals surface area (Å²) < 4.78 is 5.41. The second-order valence-corrected chi connectivity index (χ2v) is 5.58. The van der Waals surface area contributed by atoms with Crippen LogP contribution in [0.2, 0.25) is 0 Å². The number of fused-ring (bicyclic) bond motifs is 1. The van der Waals surface area contributed by atoms with Crippen molar-refractivity contribution in [3.05, 3.63) is 29.3 Å². The molecule has 20 heavy (non-hydrogen) atoms. The molecule has 0 unspecified atom stereocenters. The van der Waals surface area contributed by atoms with Gasteiger partial charge in [-0.15, -0.1) is 0 Å². The van der Waals surface area contributed by atoms with Crippen LogP contribution in [0.5, 0.6) is 5.75 Å². The lowest BCUT2D eigenvalue weighted by atomic mass is 9.88. The number of oxime groups is 1. The lowest BCUT2D eigenvalue weighted by molar-refractivity contribution is 0.321. The first-order valence-corrected chi connectivity index (χ1v) is 6.81. The number of hydrogen-bond donors (Lipinski definition) is 1. The maximum absolute atomic E-state index is 8.78. The molecule has 1 aromatic rings. The molecule has 0 spiro atoms. The Morgan fingerprint density at radius 3 is 2.65 bits per heavy atom. The maximum Gasteiger partial charge on any atom is 0.129 e. The van der Waals surface area contributed by atoms with E-state index >= 15 is 0 Å². The van der Waals surface area contributed by atoms with E-state index in [-0.39, 0.29) is 5.54 Å². The summed E-state index contributed by atoms with van der Waals surface area (Å²) in [4.78, 5) is 2.34. The molecule has 1 aliphatic heterocycles. The molecule has 0 saturated carbocycles. The first-order valence-electron chi connectivity index (χ1n) is 6.81. The quantitative estimate of drug-likeness (QED) is 0.521. The van der Waals surface area contributed by atoms with E-state index in [1.807, 2.05) is 12.1 Å². The van der Waals surface area contributed by atoms with Crippen LogP contribution >= 0.6 is 0 Å². The molecular weight excluding hydrogens is 252 g/mol. The molecule has 0 atom stereocenters. The lowest BCUT2D eigenvalue weighted by Gasteiger charge is -2.43. The Balaban J connectivity index is 2.69. The van der Waals surface area contributed by atoms with Crippen molar-refractivity contribution in [2.24, 2.45) is 5.16 Å². The smallest absolute Gasteiger partial charge is 0.129 e. The molecule has 0 radical (unpaired) electrons. The van der Waals surface area contributed by atoms with Gasteiger partial charge in [-0.1, -0.05) is 11.2 Å². The Hall–Kier alpha value is -1.97. The zero-order chi connectivity index (χ0) is 14.9. The van der Waals surface area contributed by atoms with Crippen molar-refractivity contribution in [2.45, 2.75) is 33.2 Å². The molecule has 0 fully saturated rings. The zero-order valence-electron chi connectivity index (χ0n) is 12.8. The summed E-state index contributed by atoms with van der Waals surface area (Å²) in [5.41, 5.74) is 4.29. The van der Waals surface area contributed by atoms with Gasteiger partial charge in [0.2, 0.25) is 0 Å². The summed E-state index contributed by atoms with van der Waals surface area (Å²) >= 11 is 0. The minimum absolute atomic E-state index is 0.0244. The molecule has 4 heteroatoms. The molecule has 0 amide bonds. The molecule has 0 aromatic heterocycles. The first kappa shape index (κ1) is 14.4. The van der Waals surface area contributed by atoms with Crippen LogP contribution in [0.15, 0.2) is 23.4 Å². The van der Waals surface area contributed by atoms with Crippen molar-refractivity contribution in [1.29, 1.82) is 0 Å². The van der Waals surface area contributed by atoms with E-state index in [0.717, 1.165) is 23.4 Å². The number of ether oxygens (including phenoxy) is 1. The number of likely N-dealkylation sites (N-methyl/N-ethyl adjacent to an activating group) is 1. The average molecular weight is 274 g/mol.